The van der Waals surface area contributed by atoms with E-state index in [9.17, 15) is 0 Å². The topological polar surface area (TPSA) is 41.9 Å². The molecule has 0 saturated heterocycles. The molecule has 0 bridgehead atoms. The first kappa shape index (κ1) is 14.2. The number of nitrogens with zero attached hydrogens (tertiary/aromatic N) is 1. The molecule has 0 aliphatic carbocycles. The number of rotatable bonds is 7. The van der Waals surface area contributed by atoms with E-state index in [1.165, 1.54) is 0 Å². The second-order valence-corrected chi connectivity index (χ2v) is 4.79. The smallest absolute Gasteiger partial charge is 0.165 e. The van der Waals surface area contributed by atoms with Gasteiger partial charge >= 0.3 is 0 Å². The van der Waals surface area contributed by atoms with E-state index in [1.54, 1.807) is 0 Å². The lowest BCUT2D eigenvalue weighted by Crippen LogP contribution is -2.28. The van der Waals surface area contributed by atoms with Gasteiger partial charge < -0.3 is 14.6 Å². The summed E-state index contributed by atoms with van der Waals surface area (Å²) < 4.78 is 11.3. The van der Waals surface area contributed by atoms with Gasteiger partial charge in [0.2, 0.25) is 0 Å². The fourth-order valence-corrected chi connectivity index (χ4v) is 2.29. The van der Waals surface area contributed by atoms with E-state index < -0.39 is 0 Å². The molecule has 4 nitrogen and oxygen atoms in total. The Morgan fingerprint density at radius 1 is 1.21 bits per heavy atom. The number of fused-ring (bicyclic) bond motifs is 1. The molecule has 0 aromatic heterocycles. The van der Waals surface area contributed by atoms with Gasteiger partial charge in [0, 0.05) is 18.7 Å². The van der Waals surface area contributed by atoms with Crippen molar-refractivity contribution in [3.8, 4) is 11.5 Å². The van der Waals surface area contributed by atoms with Gasteiger partial charge in [-0.2, -0.15) is 0 Å². The molecule has 2 rings (SSSR count). The molecule has 0 atom stereocenters. The molecule has 1 aliphatic rings. The van der Waals surface area contributed by atoms with Crippen LogP contribution in [0, 0.1) is 0 Å². The van der Waals surface area contributed by atoms with Crippen LogP contribution in [-0.4, -0.2) is 42.9 Å². The molecule has 4 heteroatoms. The predicted octanol–water partition coefficient (Wildman–Crippen LogP) is 2.05. The van der Waals surface area contributed by atoms with E-state index in [0.29, 0.717) is 19.8 Å². The first-order chi connectivity index (χ1) is 9.35. The summed E-state index contributed by atoms with van der Waals surface area (Å²) in [6.45, 7) is 6.10. The predicted molar refractivity (Wildman–Crippen MR) is 74.7 cm³/mol. The highest BCUT2D eigenvalue weighted by atomic mass is 16.6. The summed E-state index contributed by atoms with van der Waals surface area (Å²) in [5, 5.41) is 9.15. The highest BCUT2D eigenvalue weighted by Gasteiger charge is 2.17. The van der Waals surface area contributed by atoms with Crippen LogP contribution in [0.5, 0.6) is 11.5 Å². The van der Waals surface area contributed by atoms with Crippen molar-refractivity contribution >= 4 is 0 Å². The van der Waals surface area contributed by atoms with Crippen LogP contribution in [0.3, 0.4) is 0 Å². The van der Waals surface area contributed by atoms with Gasteiger partial charge in [0.15, 0.2) is 11.5 Å². The van der Waals surface area contributed by atoms with Crippen molar-refractivity contribution in [1.29, 1.82) is 0 Å². The third kappa shape index (κ3) is 3.85. The summed E-state index contributed by atoms with van der Waals surface area (Å²) in [5.41, 5.74) is 1.14. The standard InChI is InChI=1S/C15H23NO3/c1-2-3-7-16(8-9-17)12-13-5-4-6-14-15(13)19-11-10-18-14/h4-6,17H,2-3,7-12H2,1H3. The van der Waals surface area contributed by atoms with Crippen molar-refractivity contribution in [2.24, 2.45) is 0 Å². The molecule has 0 amide bonds. The third-order valence-corrected chi connectivity index (χ3v) is 3.29. The van der Waals surface area contributed by atoms with Gasteiger partial charge in [0.25, 0.3) is 0 Å². The molecule has 1 aromatic carbocycles. The Hall–Kier alpha value is -1.26. The Labute approximate surface area is 114 Å². The van der Waals surface area contributed by atoms with E-state index in [2.05, 4.69) is 17.9 Å². The number of hydrogen-bond donors (Lipinski definition) is 1. The van der Waals surface area contributed by atoms with E-state index in [4.69, 9.17) is 14.6 Å². The van der Waals surface area contributed by atoms with Crippen LogP contribution in [0.25, 0.3) is 0 Å². The van der Waals surface area contributed by atoms with Crippen molar-refractivity contribution in [1.82, 2.24) is 4.90 Å². The fraction of sp³-hybridized carbons (Fsp3) is 0.600. The third-order valence-electron chi connectivity index (χ3n) is 3.29. The minimum atomic E-state index is 0.191. The maximum absolute atomic E-state index is 9.15. The number of aliphatic hydroxyl groups is 1. The zero-order valence-corrected chi connectivity index (χ0v) is 11.6. The Morgan fingerprint density at radius 2 is 2.05 bits per heavy atom. The van der Waals surface area contributed by atoms with Crippen LogP contribution < -0.4 is 9.47 Å². The average Bonchev–Trinajstić information content (AvgIpc) is 2.45. The van der Waals surface area contributed by atoms with Gasteiger partial charge in [-0.05, 0) is 19.0 Å². The van der Waals surface area contributed by atoms with Gasteiger partial charge in [-0.25, -0.2) is 0 Å². The Kier molecular flexibility index (Phi) is 5.48. The largest absolute Gasteiger partial charge is 0.486 e. The van der Waals surface area contributed by atoms with Gasteiger partial charge in [-0.15, -0.1) is 0 Å². The second-order valence-electron chi connectivity index (χ2n) is 4.79. The lowest BCUT2D eigenvalue weighted by molar-refractivity contribution is 0.161. The van der Waals surface area contributed by atoms with Crippen molar-refractivity contribution in [2.75, 3.05) is 32.9 Å². The van der Waals surface area contributed by atoms with Crippen molar-refractivity contribution in [2.45, 2.75) is 26.3 Å². The molecular weight excluding hydrogens is 242 g/mol. The minimum Gasteiger partial charge on any atom is -0.486 e. The zero-order valence-electron chi connectivity index (χ0n) is 11.6. The maximum atomic E-state index is 9.15. The lowest BCUT2D eigenvalue weighted by Gasteiger charge is -2.25. The first-order valence-electron chi connectivity index (χ1n) is 7.06. The zero-order chi connectivity index (χ0) is 13.5. The van der Waals surface area contributed by atoms with E-state index >= 15 is 0 Å². The average molecular weight is 265 g/mol. The molecule has 1 aromatic rings. The van der Waals surface area contributed by atoms with Crippen LogP contribution in [0.1, 0.15) is 25.3 Å². The van der Waals surface area contributed by atoms with Gasteiger partial charge in [-0.3, -0.25) is 4.90 Å². The molecule has 0 spiro atoms. The first-order valence-corrected chi connectivity index (χ1v) is 7.06. The van der Waals surface area contributed by atoms with Crippen molar-refractivity contribution in [3.05, 3.63) is 23.8 Å². The SMILES string of the molecule is CCCCN(CCO)Cc1cccc2c1OCCO2. The molecular formula is C15H23NO3. The summed E-state index contributed by atoms with van der Waals surface area (Å²) in [5.74, 6) is 1.70. The number of ether oxygens (including phenoxy) is 2. The van der Waals surface area contributed by atoms with Crippen molar-refractivity contribution < 1.29 is 14.6 Å². The number of aliphatic hydroxyl groups excluding tert-OH is 1. The molecule has 19 heavy (non-hydrogen) atoms. The molecule has 1 heterocycles. The summed E-state index contributed by atoms with van der Waals surface area (Å²) in [7, 11) is 0. The summed E-state index contributed by atoms with van der Waals surface area (Å²) in [6, 6.07) is 6.02. The van der Waals surface area contributed by atoms with Crippen LogP contribution in [0.4, 0.5) is 0 Å². The number of unbranched alkanes of at least 4 members (excludes halogenated alkanes) is 1. The minimum absolute atomic E-state index is 0.191. The van der Waals surface area contributed by atoms with E-state index in [0.717, 1.165) is 43.0 Å². The molecule has 0 fully saturated rings. The summed E-state index contributed by atoms with van der Waals surface area (Å²) in [4.78, 5) is 2.26. The lowest BCUT2D eigenvalue weighted by atomic mass is 10.1. The highest BCUT2D eigenvalue weighted by molar-refractivity contribution is 5.47. The highest BCUT2D eigenvalue weighted by Crippen LogP contribution is 2.34. The van der Waals surface area contributed by atoms with Gasteiger partial charge in [0.1, 0.15) is 13.2 Å². The Morgan fingerprint density at radius 3 is 2.84 bits per heavy atom. The summed E-state index contributed by atoms with van der Waals surface area (Å²) in [6.07, 6.45) is 2.31. The molecule has 106 valence electrons. The Bertz CT molecular complexity index is 395. The van der Waals surface area contributed by atoms with Gasteiger partial charge in [0.05, 0.1) is 6.61 Å². The maximum Gasteiger partial charge on any atom is 0.165 e. The van der Waals surface area contributed by atoms with Crippen LogP contribution in [-0.2, 0) is 6.54 Å². The monoisotopic (exact) mass is 265 g/mol. The van der Waals surface area contributed by atoms with Crippen LogP contribution in [0.15, 0.2) is 18.2 Å². The molecule has 0 saturated carbocycles. The van der Waals surface area contributed by atoms with Crippen LogP contribution >= 0.6 is 0 Å². The van der Waals surface area contributed by atoms with E-state index in [1.807, 2.05) is 12.1 Å². The van der Waals surface area contributed by atoms with Crippen molar-refractivity contribution in [3.63, 3.8) is 0 Å². The fourth-order valence-electron chi connectivity index (χ4n) is 2.29. The van der Waals surface area contributed by atoms with E-state index in [-0.39, 0.29) is 6.61 Å². The second kappa shape index (κ2) is 7.36. The molecule has 0 unspecified atom stereocenters. The Balaban J connectivity index is 2.07. The van der Waals surface area contributed by atoms with Gasteiger partial charge in [-0.1, -0.05) is 25.5 Å². The normalized spacial score (nSPS) is 13.8. The molecule has 0 radical (unpaired) electrons. The number of para-hydroxylation sites is 1. The summed E-state index contributed by atoms with van der Waals surface area (Å²) >= 11 is 0. The quantitative estimate of drug-likeness (QED) is 0.819. The molecule has 1 N–H and O–H groups in total. The number of benzene rings is 1. The van der Waals surface area contributed by atoms with Crippen LogP contribution in [0.2, 0.25) is 0 Å². The molecule has 1 aliphatic heterocycles. The number of hydrogen-bond acceptors (Lipinski definition) is 4.